The van der Waals surface area contributed by atoms with E-state index in [0.29, 0.717) is 0 Å². The Morgan fingerprint density at radius 1 is 1.17 bits per heavy atom. The van der Waals surface area contributed by atoms with Gasteiger partial charge in [-0.15, -0.1) is 0 Å². The first kappa shape index (κ1) is 11.4. The quantitative estimate of drug-likeness (QED) is 0.387. The Bertz CT molecular complexity index is 189. The monoisotopic (exact) mass is 208 g/mol. The molecule has 0 aliphatic rings. The van der Waals surface area contributed by atoms with Crippen molar-refractivity contribution in [2.24, 2.45) is 0 Å². The average Bonchev–Trinajstić information content (AvgIpc) is 1.80. The summed E-state index contributed by atoms with van der Waals surface area (Å²) in [4.78, 5) is 10.1. The first-order valence-corrected chi connectivity index (χ1v) is 2.82. The fourth-order valence-corrected chi connectivity index (χ4v) is 0.414. The van der Waals surface area contributed by atoms with E-state index in [0.717, 1.165) is 0 Å². The maximum Gasteiger partial charge on any atom is 0.419 e. The van der Waals surface area contributed by atoms with Crippen LogP contribution < -0.4 is 0 Å². The van der Waals surface area contributed by atoms with Crippen LogP contribution in [0.25, 0.3) is 0 Å². The molecule has 0 radical (unpaired) electrons. The number of Topliss-reactive ketones (excluding diaryl/α,β-unsaturated/α-hetero) is 1. The van der Waals surface area contributed by atoms with Gasteiger partial charge in [0.25, 0.3) is 5.78 Å². The van der Waals surface area contributed by atoms with E-state index in [1.54, 1.807) is 0 Å². The summed E-state index contributed by atoms with van der Waals surface area (Å²) in [6, 6.07) is 0. The SMILES string of the molecule is C=C(C(=O)C(F)(F)Cl)C(F)(F)F. The summed E-state index contributed by atoms with van der Waals surface area (Å²) in [6.07, 6.45) is -5.17. The molecule has 1 nitrogen and oxygen atoms in total. The minimum atomic E-state index is -5.17. The van der Waals surface area contributed by atoms with E-state index in [1.807, 2.05) is 0 Å². The summed E-state index contributed by atoms with van der Waals surface area (Å²) in [5, 5.41) is -4.55. The summed E-state index contributed by atoms with van der Waals surface area (Å²) in [7, 11) is 0. The molecule has 0 aromatic heterocycles. The van der Waals surface area contributed by atoms with Crippen LogP contribution in [0.4, 0.5) is 22.0 Å². The van der Waals surface area contributed by atoms with E-state index in [1.165, 1.54) is 0 Å². The van der Waals surface area contributed by atoms with Crippen LogP contribution >= 0.6 is 11.6 Å². The highest BCUT2D eigenvalue weighted by atomic mass is 35.5. The van der Waals surface area contributed by atoms with Crippen LogP contribution in [0.5, 0.6) is 0 Å². The maximum atomic E-state index is 11.8. The number of halogens is 6. The Morgan fingerprint density at radius 2 is 1.50 bits per heavy atom. The van der Waals surface area contributed by atoms with Crippen molar-refractivity contribution in [3.8, 4) is 0 Å². The van der Waals surface area contributed by atoms with E-state index in [4.69, 9.17) is 0 Å². The Balaban J connectivity index is 4.66. The molecule has 0 aromatic carbocycles. The topological polar surface area (TPSA) is 17.1 Å². The number of ketones is 1. The lowest BCUT2D eigenvalue weighted by atomic mass is 10.2. The molecule has 7 heteroatoms. The summed E-state index contributed by atoms with van der Waals surface area (Å²) in [5.41, 5.74) is -2.16. The Hall–Kier alpha value is -0.650. The van der Waals surface area contributed by atoms with E-state index < -0.39 is 22.9 Å². The van der Waals surface area contributed by atoms with Crippen LogP contribution in [0.15, 0.2) is 12.2 Å². The van der Waals surface area contributed by atoms with Gasteiger partial charge in [-0.25, -0.2) is 0 Å². The van der Waals surface area contributed by atoms with Crippen LogP contribution in [0.3, 0.4) is 0 Å². The third kappa shape index (κ3) is 2.77. The van der Waals surface area contributed by atoms with Crippen molar-refractivity contribution in [1.82, 2.24) is 0 Å². The van der Waals surface area contributed by atoms with Gasteiger partial charge < -0.3 is 0 Å². The van der Waals surface area contributed by atoms with Crippen LogP contribution in [0.1, 0.15) is 0 Å². The molecule has 0 heterocycles. The predicted molar refractivity (Wildman–Crippen MR) is 31.0 cm³/mol. The van der Waals surface area contributed by atoms with Gasteiger partial charge in [0.2, 0.25) is 0 Å². The molecular weight excluding hydrogens is 206 g/mol. The fourth-order valence-electron chi connectivity index (χ4n) is 0.300. The standard InChI is InChI=1S/C5H2ClF5O/c1-2(5(9,10)11)3(12)4(6,7)8/h1H2. The summed E-state index contributed by atoms with van der Waals surface area (Å²) in [5.74, 6) is -2.53. The lowest BCUT2D eigenvalue weighted by Crippen LogP contribution is -2.30. The van der Waals surface area contributed by atoms with Crippen molar-refractivity contribution >= 4 is 17.4 Å². The van der Waals surface area contributed by atoms with Gasteiger partial charge >= 0.3 is 11.6 Å². The van der Waals surface area contributed by atoms with Gasteiger partial charge in [0, 0.05) is 0 Å². The molecule has 0 fully saturated rings. The second kappa shape index (κ2) is 3.01. The molecule has 70 valence electrons. The number of allylic oxidation sites excluding steroid dienone is 1. The van der Waals surface area contributed by atoms with E-state index >= 15 is 0 Å². The molecule has 0 bridgehead atoms. The first-order chi connectivity index (χ1) is 5.07. The smallest absolute Gasteiger partial charge is 0.286 e. The van der Waals surface area contributed by atoms with Gasteiger partial charge in [0.15, 0.2) is 0 Å². The van der Waals surface area contributed by atoms with Crippen molar-refractivity contribution in [2.45, 2.75) is 11.6 Å². The van der Waals surface area contributed by atoms with Gasteiger partial charge in [-0.2, -0.15) is 22.0 Å². The third-order valence-corrected chi connectivity index (χ3v) is 1.05. The number of carbonyl (C=O) groups excluding carboxylic acids is 1. The highest BCUT2D eigenvalue weighted by Crippen LogP contribution is 2.32. The third-order valence-electron chi connectivity index (χ3n) is 0.874. The van der Waals surface area contributed by atoms with Gasteiger partial charge in [-0.05, 0) is 11.6 Å². The van der Waals surface area contributed by atoms with Crippen molar-refractivity contribution in [2.75, 3.05) is 0 Å². The van der Waals surface area contributed by atoms with Crippen molar-refractivity contribution in [3.05, 3.63) is 12.2 Å². The first-order valence-electron chi connectivity index (χ1n) is 2.44. The number of hydrogen-bond acceptors (Lipinski definition) is 1. The fraction of sp³-hybridized carbons (Fsp3) is 0.400. The molecule has 0 aliphatic carbocycles. The number of rotatable bonds is 2. The average molecular weight is 209 g/mol. The molecule has 0 amide bonds. The second-order valence-electron chi connectivity index (χ2n) is 1.80. The summed E-state index contributed by atoms with van der Waals surface area (Å²) >= 11 is 4.04. The minimum Gasteiger partial charge on any atom is -0.286 e. The van der Waals surface area contributed by atoms with E-state index in [-0.39, 0.29) is 0 Å². The van der Waals surface area contributed by atoms with Gasteiger partial charge in [0.1, 0.15) is 0 Å². The summed E-state index contributed by atoms with van der Waals surface area (Å²) in [6.45, 7) is 2.15. The highest BCUT2D eigenvalue weighted by Gasteiger charge is 2.47. The molecule has 0 saturated heterocycles. The molecule has 0 atom stereocenters. The van der Waals surface area contributed by atoms with Crippen LogP contribution in [-0.4, -0.2) is 17.3 Å². The molecule has 0 N–H and O–H groups in total. The largest absolute Gasteiger partial charge is 0.419 e. The van der Waals surface area contributed by atoms with E-state index in [9.17, 15) is 26.7 Å². The van der Waals surface area contributed by atoms with Crippen LogP contribution in [0.2, 0.25) is 0 Å². The van der Waals surface area contributed by atoms with Crippen LogP contribution in [-0.2, 0) is 4.79 Å². The van der Waals surface area contributed by atoms with Gasteiger partial charge in [0.05, 0.1) is 5.57 Å². The van der Waals surface area contributed by atoms with E-state index in [2.05, 4.69) is 18.2 Å². The van der Waals surface area contributed by atoms with Gasteiger partial charge in [-0.3, -0.25) is 4.79 Å². The highest BCUT2D eigenvalue weighted by molar-refractivity contribution is 6.35. The molecule has 0 spiro atoms. The van der Waals surface area contributed by atoms with Crippen molar-refractivity contribution < 1.29 is 26.7 Å². The zero-order chi connectivity index (χ0) is 10.2. The zero-order valence-electron chi connectivity index (χ0n) is 5.38. The number of hydrogen-bond donors (Lipinski definition) is 0. The van der Waals surface area contributed by atoms with Gasteiger partial charge in [-0.1, -0.05) is 6.58 Å². The lowest BCUT2D eigenvalue weighted by Gasteiger charge is -2.11. The molecular formula is C5H2ClF5O. The lowest BCUT2D eigenvalue weighted by molar-refractivity contribution is -0.141. The summed E-state index contributed by atoms with van der Waals surface area (Å²) < 4.78 is 58.1. The second-order valence-corrected chi connectivity index (χ2v) is 2.28. The number of alkyl halides is 6. The molecule has 0 aliphatic heterocycles. The number of carbonyl (C=O) groups is 1. The van der Waals surface area contributed by atoms with Crippen molar-refractivity contribution in [3.63, 3.8) is 0 Å². The predicted octanol–water partition coefficient (Wildman–Crippen LogP) is 2.51. The zero-order valence-corrected chi connectivity index (χ0v) is 6.14. The molecule has 0 saturated carbocycles. The normalized spacial score (nSPS) is 12.8. The molecule has 0 aromatic rings. The minimum absolute atomic E-state index is 2.15. The Labute approximate surface area is 68.8 Å². The maximum absolute atomic E-state index is 11.8. The molecule has 12 heavy (non-hydrogen) atoms. The molecule has 0 unspecified atom stereocenters. The Kier molecular flexibility index (Phi) is 2.84. The van der Waals surface area contributed by atoms with Crippen molar-refractivity contribution in [1.29, 1.82) is 0 Å². The van der Waals surface area contributed by atoms with Crippen LogP contribution in [0, 0.1) is 0 Å². The Morgan fingerprint density at radius 3 is 1.58 bits per heavy atom. The molecule has 0 rings (SSSR count).